The highest BCUT2D eigenvalue weighted by Gasteiger charge is 2.21. The standard InChI is InChI=1S/C21H13N3OS/c25-20(18-10-4-13-26-18)16-8-3-7-15-14-6-1-2-9-17(14)24(19(15)16)21-22-11-5-12-23-21/h1-13H. The summed E-state index contributed by atoms with van der Waals surface area (Å²) in [6.07, 6.45) is 3.43. The van der Waals surface area contributed by atoms with Crippen LogP contribution in [-0.4, -0.2) is 20.3 Å². The number of thiophene rings is 1. The Bertz CT molecular complexity index is 1240. The molecule has 0 aliphatic rings. The van der Waals surface area contributed by atoms with Gasteiger partial charge in [-0.25, -0.2) is 9.97 Å². The van der Waals surface area contributed by atoms with Crippen LogP contribution in [0.4, 0.5) is 0 Å². The quantitative estimate of drug-likeness (QED) is 0.434. The van der Waals surface area contributed by atoms with Crippen molar-refractivity contribution in [3.63, 3.8) is 0 Å². The number of fused-ring (bicyclic) bond motifs is 3. The van der Waals surface area contributed by atoms with Gasteiger partial charge in [0.05, 0.1) is 15.9 Å². The maximum absolute atomic E-state index is 13.1. The van der Waals surface area contributed by atoms with Crippen molar-refractivity contribution in [2.75, 3.05) is 0 Å². The molecule has 0 N–H and O–H groups in total. The van der Waals surface area contributed by atoms with Gasteiger partial charge in [-0.2, -0.15) is 0 Å². The van der Waals surface area contributed by atoms with Crippen LogP contribution in [0, 0.1) is 0 Å². The molecule has 0 bridgehead atoms. The summed E-state index contributed by atoms with van der Waals surface area (Å²) in [4.78, 5) is 22.7. The molecule has 4 nitrogen and oxygen atoms in total. The van der Waals surface area contributed by atoms with Crippen molar-refractivity contribution in [3.8, 4) is 5.95 Å². The second-order valence-electron chi connectivity index (χ2n) is 5.91. The predicted molar refractivity (Wildman–Crippen MR) is 104 cm³/mol. The molecule has 0 atom stereocenters. The van der Waals surface area contributed by atoms with Crippen LogP contribution in [0.3, 0.4) is 0 Å². The Hall–Kier alpha value is -3.31. The summed E-state index contributed by atoms with van der Waals surface area (Å²) in [5.74, 6) is 0.579. The van der Waals surface area contributed by atoms with E-state index < -0.39 is 0 Å². The molecule has 0 aliphatic heterocycles. The lowest BCUT2D eigenvalue weighted by molar-refractivity contribution is 0.104. The highest BCUT2D eigenvalue weighted by atomic mass is 32.1. The third-order valence-corrected chi connectivity index (χ3v) is 5.31. The first-order valence-corrected chi connectivity index (χ1v) is 9.10. The van der Waals surface area contributed by atoms with E-state index in [1.807, 2.05) is 58.5 Å². The van der Waals surface area contributed by atoms with Gasteiger partial charge in [-0.05, 0) is 29.6 Å². The van der Waals surface area contributed by atoms with Crippen molar-refractivity contribution in [1.82, 2.24) is 14.5 Å². The highest BCUT2D eigenvalue weighted by Crippen LogP contribution is 2.34. The van der Waals surface area contributed by atoms with Gasteiger partial charge >= 0.3 is 0 Å². The number of aromatic nitrogens is 3. The molecule has 26 heavy (non-hydrogen) atoms. The second kappa shape index (κ2) is 5.89. The molecule has 124 valence electrons. The molecule has 0 unspecified atom stereocenters. The molecule has 0 spiro atoms. The lowest BCUT2D eigenvalue weighted by atomic mass is 10.0. The predicted octanol–water partition coefficient (Wildman–Crippen LogP) is 4.87. The average Bonchev–Trinajstić information content (AvgIpc) is 3.34. The second-order valence-corrected chi connectivity index (χ2v) is 6.86. The molecule has 5 heteroatoms. The van der Waals surface area contributed by atoms with E-state index in [0.717, 1.165) is 26.7 Å². The van der Waals surface area contributed by atoms with Crippen molar-refractivity contribution in [2.45, 2.75) is 0 Å². The third kappa shape index (κ3) is 2.18. The Kier molecular flexibility index (Phi) is 3.40. The summed E-state index contributed by atoms with van der Waals surface area (Å²) in [7, 11) is 0. The van der Waals surface area contributed by atoms with E-state index in [2.05, 4.69) is 16.0 Å². The fourth-order valence-electron chi connectivity index (χ4n) is 3.36. The van der Waals surface area contributed by atoms with Gasteiger partial charge in [-0.3, -0.25) is 9.36 Å². The zero-order valence-corrected chi connectivity index (χ0v) is 14.5. The summed E-state index contributed by atoms with van der Waals surface area (Å²) < 4.78 is 1.98. The van der Waals surface area contributed by atoms with Crippen LogP contribution in [0.2, 0.25) is 0 Å². The summed E-state index contributed by atoms with van der Waals surface area (Å²) in [6.45, 7) is 0. The fraction of sp³-hybridized carbons (Fsp3) is 0. The topological polar surface area (TPSA) is 47.8 Å². The maximum atomic E-state index is 13.1. The van der Waals surface area contributed by atoms with E-state index >= 15 is 0 Å². The number of benzene rings is 2. The third-order valence-electron chi connectivity index (χ3n) is 4.44. The maximum Gasteiger partial charge on any atom is 0.234 e. The molecule has 0 saturated carbocycles. The number of carbonyl (C=O) groups is 1. The minimum atomic E-state index is 0.0191. The van der Waals surface area contributed by atoms with Crippen molar-refractivity contribution in [3.05, 3.63) is 88.9 Å². The van der Waals surface area contributed by atoms with Crippen LogP contribution in [0.1, 0.15) is 15.2 Å². The molecular weight excluding hydrogens is 342 g/mol. The van der Waals surface area contributed by atoms with Gasteiger partial charge in [0.25, 0.3) is 0 Å². The Morgan fingerprint density at radius 3 is 2.46 bits per heavy atom. The van der Waals surface area contributed by atoms with Crippen molar-refractivity contribution in [2.24, 2.45) is 0 Å². The van der Waals surface area contributed by atoms with Crippen LogP contribution in [0.25, 0.3) is 27.8 Å². The fourth-order valence-corrected chi connectivity index (χ4v) is 4.03. The number of rotatable bonds is 3. The van der Waals surface area contributed by atoms with E-state index in [9.17, 15) is 4.79 Å². The summed E-state index contributed by atoms with van der Waals surface area (Å²) in [6, 6.07) is 19.5. The van der Waals surface area contributed by atoms with Crippen LogP contribution in [0.5, 0.6) is 0 Å². The average molecular weight is 355 g/mol. The molecule has 5 aromatic rings. The Labute approximate surface area is 153 Å². The molecule has 2 aromatic carbocycles. The van der Waals surface area contributed by atoms with Crippen LogP contribution in [-0.2, 0) is 0 Å². The number of ketones is 1. The van der Waals surface area contributed by atoms with E-state index in [0.29, 0.717) is 11.5 Å². The van der Waals surface area contributed by atoms with Gasteiger partial charge in [0.2, 0.25) is 11.7 Å². The molecular formula is C21H13N3OS. The van der Waals surface area contributed by atoms with E-state index in [4.69, 9.17) is 0 Å². The van der Waals surface area contributed by atoms with Crippen molar-refractivity contribution < 1.29 is 4.79 Å². The van der Waals surface area contributed by atoms with Crippen LogP contribution >= 0.6 is 11.3 Å². The zero-order valence-electron chi connectivity index (χ0n) is 13.7. The molecule has 5 rings (SSSR count). The van der Waals surface area contributed by atoms with E-state index in [1.165, 1.54) is 11.3 Å². The SMILES string of the molecule is O=C(c1cccs1)c1cccc2c3ccccc3n(-c3ncccn3)c12. The number of carbonyl (C=O) groups excluding carboxylic acids is 1. The minimum absolute atomic E-state index is 0.0191. The summed E-state index contributed by atoms with van der Waals surface area (Å²) >= 11 is 1.45. The normalized spacial score (nSPS) is 11.2. The number of hydrogen-bond donors (Lipinski definition) is 0. The van der Waals surface area contributed by atoms with Gasteiger partial charge in [-0.1, -0.05) is 36.4 Å². The molecule has 0 radical (unpaired) electrons. The smallest absolute Gasteiger partial charge is 0.234 e. The molecule has 0 amide bonds. The summed E-state index contributed by atoms with van der Waals surface area (Å²) in [5.41, 5.74) is 2.49. The van der Waals surface area contributed by atoms with E-state index in [-0.39, 0.29) is 5.78 Å². The van der Waals surface area contributed by atoms with Crippen molar-refractivity contribution >= 4 is 38.9 Å². The number of para-hydroxylation sites is 2. The van der Waals surface area contributed by atoms with Crippen LogP contribution in [0.15, 0.2) is 78.4 Å². The monoisotopic (exact) mass is 355 g/mol. The molecule has 0 saturated heterocycles. The first-order valence-electron chi connectivity index (χ1n) is 8.22. The number of nitrogens with zero attached hydrogens (tertiary/aromatic N) is 3. The van der Waals surface area contributed by atoms with Gasteiger partial charge in [0, 0.05) is 28.7 Å². The first kappa shape index (κ1) is 15.0. The Morgan fingerprint density at radius 1 is 0.846 bits per heavy atom. The molecule has 0 aliphatic carbocycles. The highest BCUT2D eigenvalue weighted by molar-refractivity contribution is 7.12. The van der Waals surface area contributed by atoms with Gasteiger partial charge in [0.1, 0.15) is 0 Å². The minimum Gasteiger partial charge on any atom is -0.288 e. The first-order chi connectivity index (χ1) is 12.8. The van der Waals surface area contributed by atoms with E-state index in [1.54, 1.807) is 18.5 Å². The Morgan fingerprint density at radius 2 is 1.65 bits per heavy atom. The lowest BCUT2D eigenvalue weighted by Crippen LogP contribution is -2.05. The van der Waals surface area contributed by atoms with Crippen molar-refractivity contribution in [1.29, 1.82) is 0 Å². The zero-order chi connectivity index (χ0) is 17.5. The molecule has 3 aromatic heterocycles. The molecule has 3 heterocycles. The summed E-state index contributed by atoms with van der Waals surface area (Å²) in [5, 5.41) is 4.02. The lowest BCUT2D eigenvalue weighted by Gasteiger charge is -2.08. The molecule has 0 fully saturated rings. The largest absolute Gasteiger partial charge is 0.288 e. The van der Waals surface area contributed by atoms with Gasteiger partial charge in [-0.15, -0.1) is 11.3 Å². The Balaban J connectivity index is 1.93. The van der Waals surface area contributed by atoms with Gasteiger partial charge in [0.15, 0.2) is 0 Å². The number of hydrogen-bond acceptors (Lipinski definition) is 4. The van der Waals surface area contributed by atoms with Crippen LogP contribution < -0.4 is 0 Å². The van der Waals surface area contributed by atoms with Gasteiger partial charge < -0.3 is 0 Å².